The molecule has 1 heterocycles. The number of aryl methyl sites for hydroxylation is 1. The lowest BCUT2D eigenvalue weighted by Crippen LogP contribution is -2.30. The molecule has 1 unspecified atom stereocenters. The summed E-state index contributed by atoms with van der Waals surface area (Å²) in [6.07, 6.45) is 2.29. The fourth-order valence-corrected chi connectivity index (χ4v) is 1.21. The number of nitrogens with zero attached hydrogens (tertiary/aromatic N) is 1. The average Bonchev–Trinajstić information content (AvgIpc) is 2.21. The fraction of sp³-hybridized carbons (Fsp3) is 0.455. The first-order valence-corrected chi connectivity index (χ1v) is 5.21. The zero-order chi connectivity index (χ0) is 12.1. The largest absolute Gasteiger partial charge is 0.352 e. The monoisotopic (exact) mass is 223 g/mol. The Morgan fingerprint density at radius 1 is 1.62 bits per heavy atom. The lowest BCUT2D eigenvalue weighted by molar-refractivity contribution is 0.0952. The van der Waals surface area contributed by atoms with Crippen LogP contribution < -0.4 is 16.6 Å². The van der Waals surface area contributed by atoms with E-state index in [-0.39, 0.29) is 17.5 Å². The van der Waals surface area contributed by atoms with Gasteiger partial charge in [0.05, 0.1) is 0 Å². The van der Waals surface area contributed by atoms with E-state index in [4.69, 9.17) is 5.73 Å². The third-order valence-corrected chi connectivity index (χ3v) is 2.25. The fourth-order valence-electron chi connectivity index (χ4n) is 1.21. The number of carbonyl (C=O) groups is 1. The lowest BCUT2D eigenvalue weighted by atomic mass is 10.2. The Morgan fingerprint density at radius 2 is 2.31 bits per heavy atom. The van der Waals surface area contributed by atoms with E-state index in [9.17, 15) is 9.59 Å². The molecule has 0 bridgehead atoms. The molecule has 0 spiro atoms. The van der Waals surface area contributed by atoms with Crippen molar-refractivity contribution in [3.8, 4) is 0 Å². The molecule has 0 fully saturated rings. The molecule has 5 nitrogen and oxygen atoms in total. The molecule has 88 valence electrons. The smallest absolute Gasteiger partial charge is 0.251 e. The first kappa shape index (κ1) is 12.4. The summed E-state index contributed by atoms with van der Waals surface area (Å²) >= 11 is 0. The van der Waals surface area contributed by atoms with Crippen molar-refractivity contribution in [2.75, 3.05) is 6.54 Å². The first-order chi connectivity index (χ1) is 7.50. The number of pyridine rings is 1. The average molecular weight is 223 g/mol. The van der Waals surface area contributed by atoms with Gasteiger partial charge in [0, 0.05) is 37.5 Å². The van der Waals surface area contributed by atoms with Crippen LogP contribution in [0.4, 0.5) is 0 Å². The molecule has 0 aliphatic rings. The maximum Gasteiger partial charge on any atom is 0.251 e. The Labute approximate surface area is 94.3 Å². The van der Waals surface area contributed by atoms with Gasteiger partial charge in [-0.25, -0.2) is 0 Å². The number of nitrogens with one attached hydrogen (secondary N) is 1. The Morgan fingerprint density at radius 3 is 2.88 bits per heavy atom. The Balaban J connectivity index is 2.60. The van der Waals surface area contributed by atoms with Crippen molar-refractivity contribution in [3.05, 3.63) is 34.2 Å². The molecule has 1 atom stereocenters. The van der Waals surface area contributed by atoms with E-state index >= 15 is 0 Å². The molecule has 0 aliphatic carbocycles. The second-order valence-corrected chi connectivity index (χ2v) is 3.89. The molecule has 0 saturated heterocycles. The van der Waals surface area contributed by atoms with Crippen LogP contribution in [0.25, 0.3) is 0 Å². The van der Waals surface area contributed by atoms with E-state index in [2.05, 4.69) is 5.32 Å². The van der Waals surface area contributed by atoms with E-state index < -0.39 is 0 Å². The first-order valence-electron chi connectivity index (χ1n) is 5.21. The van der Waals surface area contributed by atoms with E-state index in [0.717, 1.165) is 6.42 Å². The quantitative estimate of drug-likeness (QED) is 0.745. The van der Waals surface area contributed by atoms with Crippen LogP contribution in [0, 0.1) is 0 Å². The van der Waals surface area contributed by atoms with Crippen LogP contribution in [-0.2, 0) is 7.05 Å². The summed E-state index contributed by atoms with van der Waals surface area (Å²) in [5, 5.41) is 2.71. The van der Waals surface area contributed by atoms with Crippen LogP contribution >= 0.6 is 0 Å². The molecule has 0 radical (unpaired) electrons. The summed E-state index contributed by atoms with van der Waals surface area (Å²) in [5.74, 6) is -0.238. The van der Waals surface area contributed by atoms with Gasteiger partial charge in [-0.05, 0) is 19.4 Å². The minimum absolute atomic E-state index is 0.0592. The van der Waals surface area contributed by atoms with E-state index in [0.29, 0.717) is 12.1 Å². The second-order valence-electron chi connectivity index (χ2n) is 3.89. The standard InChI is InChI=1S/C11H17N3O2/c1-8(12)3-5-13-11(16)9-4-6-14(2)10(15)7-9/h4,6-8H,3,5,12H2,1-2H3,(H,13,16). The molecule has 16 heavy (non-hydrogen) atoms. The maximum absolute atomic E-state index is 11.6. The van der Waals surface area contributed by atoms with Gasteiger partial charge >= 0.3 is 0 Å². The second kappa shape index (κ2) is 5.46. The van der Waals surface area contributed by atoms with E-state index in [1.54, 1.807) is 19.3 Å². The van der Waals surface area contributed by atoms with Gasteiger partial charge in [-0.3, -0.25) is 9.59 Å². The number of carbonyl (C=O) groups excluding carboxylic acids is 1. The van der Waals surface area contributed by atoms with Crippen LogP contribution in [0.1, 0.15) is 23.7 Å². The normalized spacial score (nSPS) is 12.2. The molecule has 1 aromatic rings. The van der Waals surface area contributed by atoms with Gasteiger partial charge < -0.3 is 15.6 Å². The molecular formula is C11H17N3O2. The van der Waals surface area contributed by atoms with Gasteiger partial charge in [0.1, 0.15) is 0 Å². The maximum atomic E-state index is 11.6. The number of hydrogen-bond donors (Lipinski definition) is 2. The van der Waals surface area contributed by atoms with Crippen molar-refractivity contribution in [3.63, 3.8) is 0 Å². The highest BCUT2D eigenvalue weighted by Gasteiger charge is 2.06. The van der Waals surface area contributed by atoms with Crippen molar-refractivity contribution in [1.82, 2.24) is 9.88 Å². The van der Waals surface area contributed by atoms with Crippen molar-refractivity contribution >= 4 is 5.91 Å². The Bertz CT molecular complexity index is 423. The molecule has 0 saturated carbocycles. The van der Waals surface area contributed by atoms with Crippen LogP contribution in [0.2, 0.25) is 0 Å². The van der Waals surface area contributed by atoms with Crippen LogP contribution in [0.15, 0.2) is 23.1 Å². The number of aromatic nitrogens is 1. The van der Waals surface area contributed by atoms with E-state index in [1.165, 1.54) is 10.6 Å². The minimum Gasteiger partial charge on any atom is -0.352 e. The summed E-state index contributed by atoms with van der Waals surface area (Å²) in [6.45, 7) is 2.40. The number of nitrogens with two attached hydrogens (primary N) is 1. The van der Waals surface area contributed by atoms with Gasteiger partial charge in [-0.2, -0.15) is 0 Å². The van der Waals surface area contributed by atoms with Gasteiger partial charge in [0.25, 0.3) is 11.5 Å². The number of amides is 1. The Hall–Kier alpha value is -1.62. The SMILES string of the molecule is CC(N)CCNC(=O)c1ccn(C)c(=O)c1. The van der Waals surface area contributed by atoms with Gasteiger partial charge in [0.15, 0.2) is 0 Å². The summed E-state index contributed by atoms with van der Waals surface area (Å²) in [7, 11) is 1.64. The van der Waals surface area contributed by atoms with E-state index in [1.807, 2.05) is 6.92 Å². The minimum atomic E-state index is -0.238. The predicted octanol–water partition coefficient (Wildman–Crippen LogP) is -0.148. The molecule has 0 aliphatic heterocycles. The van der Waals surface area contributed by atoms with Crippen molar-refractivity contribution < 1.29 is 4.79 Å². The molecule has 1 aromatic heterocycles. The van der Waals surface area contributed by atoms with Crippen molar-refractivity contribution in [2.24, 2.45) is 12.8 Å². The van der Waals surface area contributed by atoms with Gasteiger partial charge in [0.2, 0.25) is 0 Å². The molecule has 1 rings (SSSR count). The number of rotatable bonds is 4. The van der Waals surface area contributed by atoms with Crippen LogP contribution in [-0.4, -0.2) is 23.1 Å². The van der Waals surface area contributed by atoms with Crippen molar-refractivity contribution in [1.29, 1.82) is 0 Å². The van der Waals surface area contributed by atoms with Crippen LogP contribution in [0.5, 0.6) is 0 Å². The third kappa shape index (κ3) is 3.51. The summed E-state index contributed by atoms with van der Waals surface area (Å²) in [4.78, 5) is 22.9. The highest BCUT2D eigenvalue weighted by molar-refractivity contribution is 5.93. The highest BCUT2D eigenvalue weighted by Crippen LogP contribution is 1.94. The zero-order valence-corrected chi connectivity index (χ0v) is 9.56. The molecule has 1 amide bonds. The number of hydrogen-bond acceptors (Lipinski definition) is 3. The lowest BCUT2D eigenvalue weighted by Gasteiger charge is -2.07. The van der Waals surface area contributed by atoms with Gasteiger partial charge in [-0.1, -0.05) is 0 Å². The zero-order valence-electron chi connectivity index (χ0n) is 9.56. The Kier molecular flexibility index (Phi) is 4.25. The third-order valence-electron chi connectivity index (χ3n) is 2.25. The molecule has 0 aromatic carbocycles. The topological polar surface area (TPSA) is 77.1 Å². The molecule has 5 heteroatoms. The summed E-state index contributed by atoms with van der Waals surface area (Å²) in [6, 6.07) is 2.99. The summed E-state index contributed by atoms with van der Waals surface area (Å²) in [5.41, 5.74) is 5.74. The van der Waals surface area contributed by atoms with Gasteiger partial charge in [-0.15, -0.1) is 0 Å². The van der Waals surface area contributed by atoms with Crippen molar-refractivity contribution in [2.45, 2.75) is 19.4 Å². The highest BCUT2D eigenvalue weighted by atomic mass is 16.2. The molecule has 3 N–H and O–H groups in total. The summed E-state index contributed by atoms with van der Waals surface area (Å²) < 4.78 is 1.42. The van der Waals surface area contributed by atoms with Crippen LogP contribution in [0.3, 0.4) is 0 Å². The molecular weight excluding hydrogens is 206 g/mol. The predicted molar refractivity (Wildman–Crippen MR) is 62.3 cm³/mol.